The van der Waals surface area contributed by atoms with E-state index in [2.05, 4.69) is 20.5 Å². The number of aryl methyl sites for hydroxylation is 1. The number of nitrogen functional groups attached to an aromatic ring is 1. The number of hydrogen-bond acceptors (Lipinski definition) is 4. The lowest BCUT2D eigenvalue weighted by molar-refractivity contribution is 0.0945. The average Bonchev–Trinajstić information content (AvgIpc) is 2.83. The van der Waals surface area contributed by atoms with E-state index >= 15 is 0 Å². The Labute approximate surface area is 102 Å². The lowest BCUT2D eigenvalue weighted by Crippen LogP contribution is -2.25. The first-order valence-corrected chi connectivity index (χ1v) is 5.26. The molecule has 0 fully saturated rings. The van der Waals surface area contributed by atoms with Gasteiger partial charge in [0.05, 0.1) is 12.1 Å². The van der Waals surface area contributed by atoms with Gasteiger partial charge in [-0.15, -0.1) is 0 Å². The monoisotopic (exact) mass is 249 g/mol. The number of rotatable bonds is 3. The third-order valence-corrected chi connectivity index (χ3v) is 2.40. The number of benzene rings is 1. The van der Waals surface area contributed by atoms with Crippen molar-refractivity contribution >= 4 is 11.6 Å². The second-order valence-corrected chi connectivity index (χ2v) is 3.81. The van der Waals surface area contributed by atoms with Gasteiger partial charge in [-0.05, 0) is 24.6 Å². The molecule has 0 saturated carbocycles. The van der Waals surface area contributed by atoms with Crippen molar-refractivity contribution in [2.45, 2.75) is 13.5 Å². The first kappa shape index (κ1) is 12.0. The first-order valence-electron chi connectivity index (χ1n) is 5.26. The van der Waals surface area contributed by atoms with Crippen LogP contribution in [0.3, 0.4) is 0 Å². The standard InChI is InChI=1S/C11H12FN5O/c1-6-2-7(13)3-8(10(6)12)11(18)14-4-9-15-5-16-17-9/h2-3,5H,4,13H2,1H3,(H,14,18)(H,15,16,17). The molecule has 2 rings (SSSR count). The summed E-state index contributed by atoms with van der Waals surface area (Å²) < 4.78 is 13.7. The predicted molar refractivity (Wildman–Crippen MR) is 63.1 cm³/mol. The molecule has 18 heavy (non-hydrogen) atoms. The van der Waals surface area contributed by atoms with Crippen LogP contribution in [0.2, 0.25) is 0 Å². The van der Waals surface area contributed by atoms with Gasteiger partial charge in [-0.2, -0.15) is 5.10 Å². The van der Waals surface area contributed by atoms with Crippen molar-refractivity contribution in [2.24, 2.45) is 0 Å². The second kappa shape index (κ2) is 4.82. The number of hydrogen-bond donors (Lipinski definition) is 3. The number of nitrogens with two attached hydrogens (primary N) is 1. The van der Waals surface area contributed by atoms with Crippen LogP contribution in [0.5, 0.6) is 0 Å². The summed E-state index contributed by atoms with van der Waals surface area (Å²) in [6.45, 7) is 1.70. The molecule has 1 aromatic carbocycles. The topological polar surface area (TPSA) is 96.7 Å². The Morgan fingerprint density at radius 2 is 2.33 bits per heavy atom. The Bertz CT molecular complexity index is 567. The van der Waals surface area contributed by atoms with E-state index in [1.165, 1.54) is 18.5 Å². The molecule has 0 atom stereocenters. The van der Waals surface area contributed by atoms with Crippen LogP contribution in [-0.2, 0) is 6.54 Å². The fourth-order valence-electron chi connectivity index (χ4n) is 1.54. The molecule has 2 aromatic rings. The molecule has 6 nitrogen and oxygen atoms in total. The highest BCUT2D eigenvalue weighted by atomic mass is 19.1. The van der Waals surface area contributed by atoms with Crippen LogP contribution < -0.4 is 11.1 Å². The molecule has 94 valence electrons. The minimum absolute atomic E-state index is 0.0768. The van der Waals surface area contributed by atoms with E-state index in [0.717, 1.165) is 0 Å². The zero-order chi connectivity index (χ0) is 13.1. The van der Waals surface area contributed by atoms with Gasteiger partial charge in [-0.3, -0.25) is 9.89 Å². The van der Waals surface area contributed by atoms with Crippen LogP contribution in [0.4, 0.5) is 10.1 Å². The Balaban J connectivity index is 2.14. The third-order valence-electron chi connectivity index (χ3n) is 2.40. The lowest BCUT2D eigenvalue weighted by atomic mass is 10.1. The van der Waals surface area contributed by atoms with Crippen LogP contribution in [0, 0.1) is 12.7 Å². The van der Waals surface area contributed by atoms with E-state index in [-0.39, 0.29) is 12.1 Å². The number of halogens is 1. The smallest absolute Gasteiger partial charge is 0.254 e. The molecule has 0 unspecified atom stereocenters. The fraction of sp³-hybridized carbons (Fsp3) is 0.182. The maximum Gasteiger partial charge on any atom is 0.254 e. The fourth-order valence-corrected chi connectivity index (χ4v) is 1.54. The minimum Gasteiger partial charge on any atom is -0.399 e. The Morgan fingerprint density at radius 3 is 3.00 bits per heavy atom. The van der Waals surface area contributed by atoms with E-state index in [9.17, 15) is 9.18 Å². The van der Waals surface area contributed by atoms with Crippen molar-refractivity contribution in [1.29, 1.82) is 0 Å². The largest absolute Gasteiger partial charge is 0.399 e. The highest BCUT2D eigenvalue weighted by Crippen LogP contribution is 2.16. The zero-order valence-electron chi connectivity index (χ0n) is 9.70. The van der Waals surface area contributed by atoms with Crippen LogP contribution in [0.15, 0.2) is 18.5 Å². The molecule has 0 aliphatic heterocycles. The summed E-state index contributed by atoms with van der Waals surface area (Å²) in [5.74, 6) is -0.622. The maximum atomic E-state index is 13.7. The summed E-state index contributed by atoms with van der Waals surface area (Å²) in [7, 11) is 0. The molecule has 1 heterocycles. The van der Waals surface area contributed by atoms with Crippen LogP contribution in [0.25, 0.3) is 0 Å². The van der Waals surface area contributed by atoms with E-state index in [0.29, 0.717) is 17.1 Å². The predicted octanol–water partition coefficient (Wildman–Crippen LogP) is 0.764. The van der Waals surface area contributed by atoms with E-state index in [1.54, 1.807) is 6.92 Å². The highest BCUT2D eigenvalue weighted by molar-refractivity contribution is 5.95. The first-order chi connectivity index (χ1) is 8.58. The SMILES string of the molecule is Cc1cc(N)cc(C(=O)NCc2ncn[nH]2)c1F. The number of anilines is 1. The van der Waals surface area contributed by atoms with Crippen molar-refractivity contribution < 1.29 is 9.18 Å². The van der Waals surface area contributed by atoms with Gasteiger partial charge in [-0.25, -0.2) is 9.37 Å². The van der Waals surface area contributed by atoms with Crippen molar-refractivity contribution in [3.05, 3.63) is 41.2 Å². The van der Waals surface area contributed by atoms with Gasteiger partial charge in [0.2, 0.25) is 0 Å². The van der Waals surface area contributed by atoms with Crippen LogP contribution >= 0.6 is 0 Å². The van der Waals surface area contributed by atoms with Crippen molar-refractivity contribution in [3.63, 3.8) is 0 Å². The number of amides is 1. The number of nitrogens with zero attached hydrogens (tertiary/aromatic N) is 2. The summed E-state index contributed by atoms with van der Waals surface area (Å²) in [6.07, 6.45) is 1.33. The number of H-pyrrole nitrogens is 1. The summed E-state index contributed by atoms with van der Waals surface area (Å²) >= 11 is 0. The Kier molecular flexibility index (Phi) is 3.22. The molecule has 0 saturated heterocycles. The molecule has 4 N–H and O–H groups in total. The molecule has 0 aliphatic rings. The summed E-state index contributed by atoms with van der Waals surface area (Å²) in [5, 5.41) is 8.75. The molecule has 1 aromatic heterocycles. The van der Waals surface area contributed by atoms with Gasteiger partial charge in [-0.1, -0.05) is 0 Å². The van der Waals surface area contributed by atoms with Crippen LogP contribution in [0.1, 0.15) is 21.7 Å². The number of aromatic amines is 1. The molecule has 7 heteroatoms. The Hall–Kier alpha value is -2.44. The molecule has 0 aliphatic carbocycles. The van der Waals surface area contributed by atoms with E-state index < -0.39 is 11.7 Å². The second-order valence-electron chi connectivity index (χ2n) is 3.81. The number of carbonyl (C=O) groups is 1. The number of aromatic nitrogens is 3. The van der Waals surface area contributed by atoms with Gasteiger partial charge < -0.3 is 11.1 Å². The van der Waals surface area contributed by atoms with E-state index in [4.69, 9.17) is 5.73 Å². The summed E-state index contributed by atoms with van der Waals surface area (Å²) in [4.78, 5) is 15.6. The van der Waals surface area contributed by atoms with Crippen LogP contribution in [-0.4, -0.2) is 21.1 Å². The summed E-state index contributed by atoms with van der Waals surface area (Å²) in [5.41, 5.74) is 6.18. The molecule has 0 bridgehead atoms. The maximum absolute atomic E-state index is 13.7. The highest BCUT2D eigenvalue weighted by Gasteiger charge is 2.14. The zero-order valence-corrected chi connectivity index (χ0v) is 9.70. The van der Waals surface area contributed by atoms with Gasteiger partial charge in [0, 0.05) is 5.69 Å². The van der Waals surface area contributed by atoms with Crippen molar-refractivity contribution in [2.75, 3.05) is 5.73 Å². The van der Waals surface area contributed by atoms with Gasteiger partial charge in [0.25, 0.3) is 5.91 Å². The number of nitrogens with one attached hydrogen (secondary N) is 2. The Morgan fingerprint density at radius 1 is 1.56 bits per heavy atom. The lowest BCUT2D eigenvalue weighted by Gasteiger charge is -2.07. The normalized spacial score (nSPS) is 10.3. The number of carbonyl (C=O) groups excluding carboxylic acids is 1. The molecular formula is C11H12FN5O. The van der Waals surface area contributed by atoms with Crippen molar-refractivity contribution in [1.82, 2.24) is 20.5 Å². The molecular weight excluding hydrogens is 237 g/mol. The molecule has 0 spiro atoms. The van der Waals surface area contributed by atoms with Gasteiger partial charge >= 0.3 is 0 Å². The average molecular weight is 249 g/mol. The van der Waals surface area contributed by atoms with Gasteiger partial charge in [0.1, 0.15) is 18.0 Å². The van der Waals surface area contributed by atoms with Gasteiger partial charge in [0.15, 0.2) is 0 Å². The molecule has 1 amide bonds. The van der Waals surface area contributed by atoms with Crippen molar-refractivity contribution in [3.8, 4) is 0 Å². The minimum atomic E-state index is -0.570. The third kappa shape index (κ3) is 2.45. The quantitative estimate of drug-likeness (QED) is 0.700. The summed E-state index contributed by atoms with van der Waals surface area (Å²) in [6, 6.07) is 2.78. The molecule has 0 radical (unpaired) electrons. The van der Waals surface area contributed by atoms with E-state index in [1.807, 2.05) is 0 Å².